The van der Waals surface area contributed by atoms with Crippen LogP contribution in [-0.2, 0) is 11.3 Å². The van der Waals surface area contributed by atoms with Crippen LogP contribution in [0, 0.1) is 5.82 Å². The van der Waals surface area contributed by atoms with Crippen molar-refractivity contribution in [2.75, 3.05) is 13.0 Å². The number of methoxy groups -OCH3 is 1. The quantitative estimate of drug-likeness (QED) is 0.640. The molecular formula is C13H12ClFN2O2. The fourth-order valence-electron chi connectivity index (χ4n) is 1.70. The summed E-state index contributed by atoms with van der Waals surface area (Å²) in [5.41, 5.74) is 1.62. The van der Waals surface area contributed by atoms with Crippen LogP contribution < -0.4 is 0 Å². The molecule has 0 amide bonds. The van der Waals surface area contributed by atoms with Gasteiger partial charge in [-0.25, -0.2) is 9.18 Å². The van der Waals surface area contributed by atoms with Crippen LogP contribution in [-0.4, -0.2) is 28.7 Å². The molecule has 2 aromatic rings. The third kappa shape index (κ3) is 2.93. The van der Waals surface area contributed by atoms with E-state index in [2.05, 4.69) is 9.84 Å². The largest absolute Gasteiger partial charge is 0.464 e. The van der Waals surface area contributed by atoms with Crippen molar-refractivity contribution in [3.63, 3.8) is 0 Å². The molecule has 100 valence electrons. The lowest BCUT2D eigenvalue weighted by molar-refractivity contribution is 0.0587. The predicted molar refractivity (Wildman–Crippen MR) is 69.7 cm³/mol. The molecule has 0 saturated carbocycles. The number of hydrogen-bond donors (Lipinski definition) is 0. The number of ether oxygens (including phenoxy) is 1. The van der Waals surface area contributed by atoms with Gasteiger partial charge in [0.25, 0.3) is 0 Å². The molecule has 0 radical (unpaired) electrons. The summed E-state index contributed by atoms with van der Waals surface area (Å²) in [6.45, 7) is 0.396. The fraction of sp³-hybridized carbons (Fsp3) is 0.231. The SMILES string of the molecule is COC(=O)c1cc(-c2ccc(F)cc2)nn1CCCl. The monoisotopic (exact) mass is 282 g/mol. The second-order valence-electron chi connectivity index (χ2n) is 3.83. The molecule has 0 aliphatic rings. The Balaban J connectivity index is 2.41. The van der Waals surface area contributed by atoms with E-state index in [1.807, 2.05) is 0 Å². The Hall–Kier alpha value is -1.88. The van der Waals surface area contributed by atoms with E-state index in [1.54, 1.807) is 18.2 Å². The summed E-state index contributed by atoms with van der Waals surface area (Å²) < 4.78 is 19.0. The highest BCUT2D eigenvalue weighted by Gasteiger charge is 2.16. The van der Waals surface area contributed by atoms with Crippen LogP contribution >= 0.6 is 11.6 Å². The van der Waals surface area contributed by atoms with Crippen LogP contribution in [0.1, 0.15) is 10.5 Å². The normalized spacial score (nSPS) is 10.5. The van der Waals surface area contributed by atoms with Gasteiger partial charge in [0, 0.05) is 11.4 Å². The molecule has 1 aromatic carbocycles. The third-order valence-corrected chi connectivity index (χ3v) is 2.78. The van der Waals surface area contributed by atoms with Crippen LogP contribution in [0.25, 0.3) is 11.3 Å². The highest BCUT2D eigenvalue weighted by atomic mass is 35.5. The minimum Gasteiger partial charge on any atom is -0.464 e. The van der Waals surface area contributed by atoms with Gasteiger partial charge in [-0.1, -0.05) is 0 Å². The molecule has 0 atom stereocenters. The van der Waals surface area contributed by atoms with E-state index in [0.717, 1.165) is 5.56 Å². The van der Waals surface area contributed by atoms with Gasteiger partial charge in [-0.2, -0.15) is 5.10 Å². The topological polar surface area (TPSA) is 44.1 Å². The predicted octanol–water partition coefficient (Wildman–Crippen LogP) is 2.71. The van der Waals surface area contributed by atoms with Crippen LogP contribution in [0.4, 0.5) is 4.39 Å². The van der Waals surface area contributed by atoms with Crippen molar-refractivity contribution >= 4 is 17.6 Å². The maximum Gasteiger partial charge on any atom is 0.356 e. The van der Waals surface area contributed by atoms with Gasteiger partial charge in [0.2, 0.25) is 0 Å². The first-order chi connectivity index (χ1) is 9.15. The molecule has 0 fully saturated rings. The smallest absolute Gasteiger partial charge is 0.356 e. The molecule has 0 unspecified atom stereocenters. The lowest BCUT2D eigenvalue weighted by Crippen LogP contribution is -2.12. The molecule has 0 N–H and O–H groups in total. The van der Waals surface area contributed by atoms with Crippen LogP contribution in [0.15, 0.2) is 30.3 Å². The standard InChI is InChI=1S/C13H12ClFN2O2/c1-19-13(18)12-8-11(16-17(12)7-6-14)9-2-4-10(15)5-3-9/h2-5,8H,6-7H2,1H3. The van der Waals surface area contributed by atoms with Crippen molar-refractivity contribution in [3.05, 3.63) is 41.8 Å². The number of carbonyl (C=O) groups is 1. The molecule has 1 aromatic heterocycles. The fourth-order valence-corrected chi connectivity index (χ4v) is 1.86. The highest BCUT2D eigenvalue weighted by Crippen LogP contribution is 2.20. The summed E-state index contributed by atoms with van der Waals surface area (Å²) in [5, 5.41) is 4.28. The molecular weight excluding hydrogens is 271 g/mol. The van der Waals surface area contributed by atoms with E-state index in [0.29, 0.717) is 23.8 Å². The first-order valence-electron chi connectivity index (χ1n) is 5.63. The molecule has 0 saturated heterocycles. The number of hydrogen-bond acceptors (Lipinski definition) is 3. The van der Waals surface area contributed by atoms with Crippen LogP contribution in [0.3, 0.4) is 0 Å². The number of esters is 1. The number of rotatable bonds is 4. The Labute approximate surface area is 114 Å². The van der Waals surface area contributed by atoms with Gasteiger partial charge in [-0.3, -0.25) is 4.68 Å². The first kappa shape index (κ1) is 13.5. The maximum absolute atomic E-state index is 12.9. The Morgan fingerprint density at radius 3 is 2.68 bits per heavy atom. The van der Waals surface area contributed by atoms with Crippen molar-refractivity contribution in [2.24, 2.45) is 0 Å². The Morgan fingerprint density at radius 2 is 2.11 bits per heavy atom. The zero-order valence-electron chi connectivity index (χ0n) is 10.3. The summed E-state index contributed by atoms with van der Waals surface area (Å²) >= 11 is 5.67. The summed E-state index contributed by atoms with van der Waals surface area (Å²) in [6, 6.07) is 7.49. The summed E-state index contributed by atoms with van der Waals surface area (Å²) in [7, 11) is 1.30. The highest BCUT2D eigenvalue weighted by molar-refractivity contribution is 6.17. The van der Waals surface area contributed by atoms with Crippen LogP contribution in [0.2, 0.25) is 0 Å². The van der Waals surface area contributed by atoms with Gasteiger partial charge >= 0.3 is 5.97 Å². The van der Waals surface area contributed by atoms with Gasteiger partial charge in [0.05, 0.1) is 19.3 Å². The average Bonchev–Trinajstić information content (AvgIpc) is 2.83. The van der Waals surface area contributed by atoms with Gasteiger partial charge < -0.3 is 4.74 Å². The second kappa shape index (κ2) is 5.84. The molecule has 1 heterocycles. The van der Waals surface area contributed by atoms with E-state index in [4.69, 9.17) is 11.6 Å². The minimum absolute atomic E-state index is 0.322. The molecule has 6 heteroatoms. The zero-order chi connectivity index (χ0) is 13.8. The van der Waals surface area contributed by atoms with E-state index in [9.17, 15) is 9.18 Å². The number of nitrogens with zero attached hydrogens (tertiary/aromatic N) is 2. The number of benzene rings is 1. The number of halogens is 2. The summed E-state index contributed by atoms with van der Waals surface area (Å²) in [5.74, 6) is -0.475. The molecule has 0 spiro atoms. The summed E-state index contributed by atoms with van der Waals surface area (Å²) in [4.78, 5) is 11.6. The van der Waals surface area contributed by atoms with Gasteiger partial charge in [0.1, 0.15) is 11.5 Å². The second-order valence-corrected chi connectivity index (χ2v) is 4.20. The Kier molecular flexibility index (Phi) is 4.16. The molecule has 4 nitrogen and oxygen atoms in total. The molecule has 0 bridgehead atoms. The van der Waals surface area contributed by atoms with Crippen molar-refractivity contribution < 1.29 is 13.9 Å². The van der Waals surface area contributed by atoms with E-state index in [-0.39, 0.29) is 5.82 Å². The minimum atomic E-state index is -0.481. The molecule has 2 rings (SSSR count). The molecule has 0 aliphatic heterocycles. The number of carbonyl (C=O) groups excluding carboxylic acids is 1. The third-order valence-electron chi connectivity index (χ3n) is 2.61. The molecule has 19 heavy (non-hydrogen) atoms. The van der Waals surface area contributed by atoms with Gasteiger partial charge in [-0.15, -0.1) is 11.6 Å². The van der Waals surface area contributed by atoms with Gasteiger partial charge in [-0.05, 0) is 30.3 Å². The maximum atomic E-state index is 12.9. The van der Waals surface area contributed by atoms with Crippen molar-refractivity contribution in [1.82, 2.24) is 9.78 Å². The van der Waals surface area contributed by atoms with E-state index < -0.39 is 5.97 Å². The van der Waals surface area contributed by atoms with Crippen molar-refractivity contribution in [3.8, 4) is 11.3 Å². The Morgan fingerprint density at radius 1 is 1.42 bits per heavy atom. The van der Waals surface area contributed by atoms with Gasteiger partial charge in [0.15, 0.2) is 0 Å². The van der Waals surface area contributed by atoms with E-state index >= 15 is 0 Å². The lowest BCUT2D eigenvalue weighted by Gasteiger charge is -2.02. The number of aryl methyl sites for hydroxylation is 1. The van der Waals surface area contributed by atoms with Crippen molar-refractivity contribution in [1.29, 1.82) is 0 Å². The summed E-state index contributed by atoms with van der Waals surface area (Å²) in [6.07, 6.45) is 0. The number of aromatic nitrogens is 2. The van der Waals surface area contributed by atoms with Crippen LogP contribution in [0.5, 0.6) is 0 Å². The Bertz CT molecular complexity index is 581. The number of alkyl halides is 1. The first-order valence-corrected chi connectivity index (χ1v) is 6.17. The zero-order valence-corrected chi connectivity index (χ0v) is 11.0. The average molecular weight is 283 g/mol. The van der Waals surface area contributed by atoms with E-state index in [1.165, 1.54) is 23.9 Å². The molecule has 0 aliphatic carbocycles. The lowest BCUT2D eigenvalue weighted by atomic mass is 10.1. The van der Waals surface area contributed by atoms with Crippen molar-refractivity contribution in [2.45, 2.75) is 6.54 Å².